The highest BCUT2D eigenvalue weighted by Gasteiger charge is 2.05. The van der Waals surface area contributed by atoms with Crippen LogP contribution in [-0.2, 0) is 0 Å². The summed E-state index contributed by atoms with van der Waals surface area (Å²) in [4.78, 5) is 13.8. The Morgan fingerprint density at radius 1 is 1.38 bits per heavy atom. The molecule has 1 aromatic rings. The number of nitrogens with zero attached hydrogens (tertiary/aromatic N) is 1. The first-order chi connectivity index (χ1) is 6.11. The van der Waals surface area contributed by atoms with Gasteiger partial charge in [0.1, 0.15) is 0 Å². The van der Waals surface area contributed by atoms with Gasteiger partial charge in [-0.1, -0.05) is 23.2 Å². The molecule has 1 amide bonds. The average Bonchev–Trinajstić information content (AvgIpc) is 2.03. The van der Waals surface area contributed by atoms with Gasteiger partial charge in [0, 0.05) is 12.4 Å². The zero-order valence-electron chi connectivity index (χ0n) is 6.21. The Morgan fingerprint density at radius 2 is 1.92 bits per heavy atom. The quantitative estimate of drug-likeness (QED) is 0.668. The van der Waals surface area contributed by atoms with Crippen molar-refractivity contribution in [3.8, 4) is 0 Å². The van der Waals surface area contributed by atoms with Crippen molar-refractivity contribution in [1.29, 1.82) is 0 Å². The third kappa shape index (κ3) is 2.64. The van der Waals surface area contributed by atoms with Crippen LogP contribution < -0.4 is 10.9 Å². The number of pyridine rings is 1. The Labute approximate surface area is 83.6 Å². The Morgan fingerprint density at radius 3 is 2.38 bits per heavy atom. The van der Waals surface area contributed by atoms with Gasteiger partial charge in [-0.15, -0.1) is 0 Å². The predicted molar refractivity (Wildman–Crippen MR) is 49.0 cm³/mol. The number of hydrogen-bond donors (Lipinski definition) is 3. The number of carboxylic acid groups (broad SMARTS) is 1. The summed E-state index contributed by atoms with van der Waals surface area (Å²) in [6.07, 6.45) is 1.46. The summed E-state index contributed by atoms with van der Waals surface area (Å²) in [6, 6.07) is 0. The zero-order valence-corrected chi connectivity index (χ0v) is 7.73. The number of amides is 1. The van der Waals surface area contributed by atoms with Crippen LogP contribution in [0.4, 0.5) is 10.5 Å². The molecule has 0 bridgehead atoms. The molecule has 0 saturated heterocycles. The fourth-order valence-corrected chi connectivity index (χ4v) is 1.11. The highest BCUT2D eigenvalue weighted by atomic mass is 35.5. The van der Waals surface area contributed by atoms with Gasteiger partial charge in [-0.3, -0.25) is 10.4 Å². The lowest BCUT2D eigenvalue weighted by molar-refractivity contribution is 0.197. The minimum Gasteiger partial charge on any atom is -0.464 e. The average molecular weight is 222 g/mol. The molecule has 0 aliphatic rings. The Bertz CT molecular complexity index is 311. The van der Waals surface area contributed by atoms with Crippen LogP contribution in [-0.4, -0.2) is 16.2 Å². The predicted octanol–water partition coefficient (Wildman–Crippen LogP) is 1.98. The largest absolute Gasteiger partial charge is 0.464 e. The summed E-state index contributed by atoms with van der Waals surface area (Å²) < 4.78 is 0. The van der Waals surface area contributed by atoms with E-state index in [1.54, 1.807) is 0 Å². The van der Waals surface area contributed by atoms with Crippen molar-refractivity contribution < 1.29 is 9.90 Å². The maximum atomic E-state index is 10.1. The highest BCUT2D eigenvalue weighted by Crippen LogP contribution is 2.27. The molecule has 1 rings (SSSR count). The Balaban J connectivity index is 2.81. The van der Waals surface area contributed by atoms with Crippen LogP contribution in [0.5, 0.6) is 0 Å². The van der Waals surface area contributed by atoms with E-state index < -0.39 is 6.09 Å². The number of carbonyl (C=O) groups is 1. The normalized spacial score (nSPS) is 9.38. The molecule has 0 aliphatic carbocycles. The van der Waals surface area contributed by atoms with E-state index in [0.717, 1.165) is 0 Å². The molecule has 0 aromatic carbocycles. The van der Waals surface area contributed by atoms with Crippen molar-refractivity contribution in [2.24, 2.45) is 0 Å². The lowest BCUT2D eigenvalue weighted by Gasteiger charge is -2.07. The van der Waals surface area contributed by atoms with Crippen molar-refractivity contribution in [3.05, 3.63) is 22.4 Å². The topological polar surface area (TPSA) is 74.2 Å². The van der Waals surface area contributed by atoms with E-state index in [0.29, 0.717) is 0 Å². The smallest absolute Gasteiger partial charge is 0.423 e. The van der Waals surface area contributed by atoms with Gasteiger partial charge in [0.05, 0.1) is 15.7 Å². The molecule has 0 fully saturated rings. The summed E-state index contributed by atoms with van der Waals surface area (Å²) >= 11 is 11.3. The first-order valence-corrected chi connectivity index (χ1v) is 3.91. The second-order valence-corrected chi connectivity index (χ2v) is 2.85. The SMILES string of the molecule is O=C(O)NNc1c(Cl)cncc1Cl. The van der Waals surface area contributed by atoms with Crippen molar-refractivity contribution >= 4 is 35.0 Å². The molecule has 0 saturated carbocycles. The zero-order chi connectivity index (χ0) is 9.84. The molecule has 0 radical (unpaired) electrons. The number of halogens is 2. The Hall–Kier alpha value is -1.20. The van der Waals surface area contributed by atoms with E-state index in [4.69, 9.17) is 28.3 Å². The second-order valence-electron chi connectivity index (χ2n) is 2.03. The molecule has 0 unspecified atom stereocenters. The van der Waals surface area contributed by atoms with Crippen LogP contribution in [0.15, 0.2) is 12.4 Å². The fraction of sp³-hybridized carbons (Fsp3) is 0. The molecule has 0 spiro atoms. The summed E-state index contributed by atoms with van der Waals surface area (Å²) in [5.41, 5.74) is 4.52. The van der Waals surface area contributed by atoms with Gasteiger partial charge < -0.3 is 5.11 Å². The molecule has 0 atom stereocenters. The van der Waals surface area contributed by atoms with Crippen molar-refractivity contribution in [3.63, 3.8) is 0 Å². The van der Waals surface area contributed by atoms with Crippen LogP contribution in [0.25, 0.3) is 0 Å². The Kier molecular flexibility index (Phi) is 3.16. The van der Waals surface area contributed by atoms with Gasteiger partial charge >= 0.3 is 6.09 Å². The molecular weight excluding hydrogens is 217 g/mol. The first-order valence-electron chi connectivity index (χ1n) is 3.15. The van der Waals surface area contributed by atoms with E-state index in [1.807, 2.05) is 5.43 Å². The highest BCUT2D eigenvalue weighted by molar-refractivity contribution is 6.38. The third-order valence-corrected chi connectivity index (χ3v) is 1.72. The maximum Gasteiger partial charge on any atom is 0.423 e. The third-order valence-electron chi connectivity index (χ3n) is 1.15. The van der Waals surface area contributed by atoms with Gasteiger partial charge in [-0.25, -0.2) is 10.2 Å². The summed E-state index contributed by atoms with van der Waals surface area (Å²) in [6.45, 7) is 0. The molecule has 1 aromatic heterocycles. The van der Waals surface area contributed by atoms with E-state index in [2.05, 4.69) is 10.4 Å². The van der Waals surface area contributed by atoms with Crippen LogP contribution in [0.1, 0.15) is 0 Å². The minimum absolute atomic E-state index is 0.237. The van der Waals surface area contributed by atoms with Crippen molar-refractivity contribution in [1.82, 2.24) is 10.4 Å². The molecular formula is C6H5Cl2N3O2. The lowest BCUT2D eigenvalue weighted by Crippen LogP contribution is -2.27. The number of aromatic nitrogens is 1. The van der Waals surface area contributed by atoms with Crippen LogP contribution in [0.3, 0.4) is 0 Å². The van der Waals surface area contributed by atoms with Crippen molar-refractivity contribution in [2.75, 3.05) is 5.43 Å². The van der Waals surface area contributed by atoms with Crippen molar-refractivity contribution in [2.45, 2.75) is 0 Å². The van der Waals surface area contributed by atoms with E-state index in [9.17, 15) is 4.79 Å². The van der Waals surface area contributed by atoms with E-state index in [1.165, 1.54) is 12.4 Å². The van der Waals surface area contributed by atoms with Gasteiger partial charge in [-0.2, -0.15) is 0 Å². The number of hydrogen-bond acceptors (Lipinski definition) is 3. The first kappa shape index (κ1) is 9.88. The summed E-state index contributed by atoms with van der Waals surface area (Å²) in [5, 5.41) is 8.76. The van der Waals surface area contributed by atoms with Crippen LogP contribution >= 0.6 is 23.2 Å². The minimum atomic E-state index is -1.23. The summed E-state index contributed by atoms with van der Waals surface area (Å²) in [5.74, 6) is 0. The summed E-state index contributed by atoms with van der Waals surface area (Å²) in [7, 11) is 0. The second kappa shape index (κ2) is 4.15. The maximum absolute atomic E-state index is 10.1. The molecule has 1 heterocycles. The molecule has 70 valence electrons. The van der Waals surface area contributed by atoms with Crippen LogP contribution in [0.2, 0.25) is 10.0 Å². The molecule has 7 heteroatoms. The van der Waals surface area contributed by atoms with E-state index in [-0.39, 0.29) is 15.7 Å². The van der Waals surface area contributed by atoms with Gasteiger partial charge in [0.15, 0.2) is 0 Å². The van der Waals surface area contributed by atoms with Gasteiger partial charge in [-0.05, 0) is 0 Å². The molecule has 13 heavy (non-hydrogen) atoms. The van der Waals surface area contributed by atoms with E-state index >= 15 is 0 Å². The number of hydrazine groups is 1. The monoisotopic (exact) mass is 221 g/mol. The number of rotatable bonds is 2. The molecule has 3 N–H and O–H groups in total. The standard InChI is InChI=1S/C6H5Cl2N3O2/c7-3-1-9-2-4(8)5(3)10-11-6(12)13/h1-2,11H,(H,9,10)(H,12,13). The number of anilines is 1. The van der Waals surface area contributed by atoms with Crippen LogP contribution in [0, 0.1) is 0 Å². The molecule has 5 nitrogen and oxygen atoms in total. The molecule has 0 aliphatic heterocycles. The number of nitrogens with one attached hydrogen (secondary N) is 2. The fourth-order valence-electron chi connectivity index (χ4n) is 0.647. The van der Waals surface area contributed by atoms with Gasteiger partial charge in [0.2, 0.25) is 0 Å². The van der Waals surface area contributed by atoms with Gasteiger partial charge in [0.25, 0.3) is 0 Å². The lowest BCUT2D eigenvalue weighted by atomic mass is 10.4.